The summed E-state index contributed by atoms with van der Waals surface area (Å²) in [5, 5.41) is 8.97. The molecule has 0 aliphatic rings. The molecule has 0 radical (unpaired) electrons. The van der Waals surface area contributed by atoms with Crippen LogP contribution in [-0.2, 0) is 12.7 Å². The van der Waals surface area contributed by atoms with E-state index >= 15 is 0 Å². The molecule has 0 saturated heterocycles. The first-order valence-electron chi connectivity index (χ1n) is 8.71. The molecular formula is C18H23F3N6O. The highest BCUT2D eigenvalue weighted by atomic mass is 19.4. The van der Waals surface area contributed by atoms with Gasteiger partial charge in [-0.2, -0.15) is 13.2 Å². The molecule has 0 aliphatic carbocycles. The number of rotatable bonds is 8. The second-order valence-corrected chi connectivity index (χ2v) is 5.66. The van der Waals surface area contributed by atoms with E-state index in [1.54, 1.807) is 7.11 Å². The van der Waals surface area contributed by atoms with Gasteiger partial charge >= 0.3 is 6.18 Å². The molecule has 0 fully saturated rings. The Kier molecular flexibility index (Phi) is 7.85. The molecule has 1 heterocycles. The van der Waals surface area contributed by atoms with Gasteiger partial charge in [-0.15, -0.1) is 0 Å². The number of guanidine groups is 1. The van der Waals surface area contributed by atoms with Crippen molar-refractivity contribution in [3.8, 4) is 5.75 Å². The van der Waals surface area contributed by atoms with Gasteiger partial charge in [0.1, 0.15) is 11.4 Å². The molecule has 0 saturated carbocycles. The fraction of sp³-hybridized carbons (Fsp3) is 0.389. The molecule has 0 unspecified atom stereocenters. The first-order chi connectivity index (χ1) is 13.4. The van der Waals surface area contributed by atoms with Gasteiger partial charge in [-0.25, -0.2) is 15.0 Å². The number of alkyl halides is 3. The normalized spacial score (nSPS) is 11.8. The van der Waals surface area contributed by atoms with Crippen molar-refractivity contribution in [2.24, 2.45) is 4.99 Å². The Labute approximate surface area is 161 Å². The van der Waals surface area contributed by atoms with E-state index in [4.69, 9.17) is 4.74 Å². The molecule has 28 heavy (non-hydrogen) atoms. The highest BCUT2D eigenvalue weighted by Crippen LogP contribution is 2.27. The third-order valence-electron chi connectivity index (χ3n) is 3.54. The molecule has 1 aromatic carbocycles. The van der Waals surface area contributed by atoms with Crippen molar-refractivity contribution >= 4 is 11.9 Å². The fourth-order valence-electron chi connectivity index (χ4n) is 2.24. The number of anilines is 1. The zero-order chi connectivity index (χ0) is 20.4. The number of hydrogen-bond acceptors (Lipinski definition) is 5. The van der Waals surface area contributed by atoms with Gasteiger partial charge in [0.25, 0.3) is 0 Å². The second-order valence-electron chi connectivity index (χ2n) is 5.66. The molecule has 0 aliphatic heterocycles. The summed E-state index contributed by atoms with van der Waals surface area (Å²) in [5.74, 6) is 1.28. The van der Waals surface area contributed by atoms with Crippen LogP contribution in [0.2, 0.25) is 0 Å². The SMILES string of the molecule is CCNC(=NCc1cccc(OC)c1)NCCNc1nccc(C(F)(F)F)n1. The maximum atomic E-state index is 12.7. The Morgan fingerprint density at radius 1 is 1.18 bits per heavy atom. The summed E-state index contributed by atoms with van der Waals surface area (Å²) in [5.41, 5.74) is 0.0122. The molecule has 10 heteroatoms. The standard InChI is InChI=1S/C18H23F3N6O/c1-3-22-16(26-12-13-5-4-6-14(11-13)28-2)24-9-10-25-17-23-8-7-15(27-17)18(19,20)21/h4-8,11H,3,9-10,12H2,1-2H3,(H2,22,24,26)(H,23,25,27). The van der Waals surface area contributed by atoms with E-state index in [1.165, 1.54) is 0 Å². The second kappa shape index (κ2) is 10.3. The first kappa shape index (κ1) is 21.3. The predicted molar refractivity (Wildman–Crippen MR) is 101 cm³/mol. The third-order valence-corrected chi connectivity index (χ3v) is 3.54. The smallest absolute Gasteiger partial charge is 0.433 e. The van der Waals surface area contributed by atoms with Crippen LogP contribution in [0.5, 0.6) is 5.75 Å². The maximum Gasteiger partial charge on any atom is 0.433 e. The molecule has 0 amide bonds. The monoisotopic (exact) mass is 396 g/mol. The van der Waals surface area contributed by atoms with E-state index in [0.29, 0.717) is 32.1 Å². The number of ether oxygens (including phenoxy) is 1. The van der Waals surface area contributed by atoms with Crippen molar-refractivity contribution in [2.75, 3.05) is 32.1 Å². The molecule has 7 nitrogen and oxygen atoms in total. The molecule has 0 bridgehead atoms. The fourth-order valence-corrected chi connectivity index (χ4v) is 2.24. The van der Waals surface area contributed by atoms with E-state index in [9.17, 15) is 13.2 Å². The minimum atomic E-state index is -4.50. The topological polar surface area (TPSA) is 83.5 Å². The Bertz CT molecular complexity index is 782. The largest absolute Gasteiger partial charge is 0.497 e. The average Bonchev–Trinajstić information content (AvgIpc) is 2.69. The lowest BCUT2D eigenvalue weighted by atomic mass is 10.2. The van der Waals surface area contributed by atoms with Gasteiger partial charge in [-0.05, 0) is 30.7 Å². The number of nitrogens with one attached hydrogen (secondary N) is 3. The zero-order valence-corrected chi connectivity index (χ0v) is 15.7. The van der Waals surface area contributed by atoms with Crippen LogP contribution in [0.3, 0.4) is 0 Å². The van der Waals surface area contributed by atoms with Crippen LogP contribution in [0.4, 0.5) is 19.1 Å². The molecule has 3 N–H and O–H groups in total. The average molecular weight is 396 g/mol. The number of methoxy groups -OCH3 is 1. The predicted octanol–water partition coefficient (Wildman–Crippen LogP) is 2.67. The van der Waals surface area contributed by atoms with Crippen LogP contribution < -0.4 is 20.7 Å². The number of hydrogen-bond donors (Lipinski definition) is 3. The Hall–Kier alpha value is -3.04. The van der Waals surface area contributed by atoms with Crippen molar-refractivity contribution in [1.82, 2.24) is 20.6 Å². The lowest BCUT2D eigenvalue weighted by Crippen LogP contribution is -2.39. The molecule has 0 atom stereocenters. The van der Waals surface area contributed by atoms with Crippen molar-refractivity contribution < 1.29 is 17.9 Å². The van der Waals surface area contributed by atoms with Crippen LogP contribution in [-0.4, -0.2) is 42.7 Å². The lowest BCUT2D eigenvalue weighted by Gasteiger charge is -2.12. The van der Waals surface area contributed by atoms with Crippen molar-refractivity contribution in [3.05, 3.63) is 47.8 Å². The van der Waals surface area contributed by atoms with E-state index < -0.39 is 11.9 Å². The zero-order valence-electron chi connectivity index (χ0n) is 15.7. The van der Waals surface area contributed by atoms with Gasteiger partial charge in [0.05, 0.1) is 13.7 Å². The van der Waals surface area contributed by atoms with Gasteiger partial charge in [-0.1, -0.05) is 12.1 Å². The van der Waals surface area contributed by atoms with E-state index in [-0.39, 0.29) is 5.95 Å². The van der Waals surface area contributed by atoms with Gasteiger partial charge in [0.15, 0.2) is 5.96 Å². The van der Waals surface area contributed by atoms with Gasteiger partial charge in [-0.3, -0.25) is 0 Å². The minimum absolute atomic E-state index is 0.0741. The minimum Gasteiger partial charge on any atom is -0.497 e. The summed E-state index contributed by atoms with van der Waals surface area (Å²) in [6.07, 6.45) is -3.42. The Morgan fingerprint density at radius 2 is 2.00 bits per heavy atom. The van der Waals surface area contributed by atoms with Gasteiger partial charge < -0.3 is 20.7 Å². The first-order valence-corrected chi connectivity index (χ1v) is 8.71. The third kappa shape index (κ3) is 6.93. The van der Waals surface area contributed by atoms with Crippen LogP contribution in [0.1, 0.15) is 18.2 Å². The highest BCUT2D eigenvalue weighted by Gasteiger charge is 2.32. The molecule has 0 spiro atoms. The molecule has 1 aromatic heterocycles. The molecule has 152 valence electrons. The number of halogens is 3. The summed E-state index contributed by atoms with van der Waals surface area (Å²) in [7, 11) is 1.61. The summed E-state index contributed by atoms with van der Waals surface area (Å²) < 4.78 is 43.2. The van der Waals surface area contributed by atoms with Crippen LogP contribution in [0.25, 0.3) is 0 Å². The summed E-state index contributed by atoms with van der Waals surface area (Å²) >= 11 is 0. The highest BCUT2D eigenvalue weighted by molar-refractivity contribution is 5.79. The van der Waals surface area contributed by atoms with Gasteiger partial charge in [0, 0.05) is 25.8 Å². The number of aliphatic imine (C=N–C) groups is 1. The van der Waals surface area contributed by atoms with Crippen molar-refractivity contribution in [3.63, 3.8) is 0 Å². The van der Waals surface area contributed by atoms with Crippen molar-refractivity contribution in [1.29, 1.82) is 0 Å². The number of benzene rings is 1. The maximum absolute atomic E-state index is 12.7. The van der Waals surface area contributed by atoms with E-state index in [0.717, 1.165) is 23.6 Å². The van der Waals surface area contributed by atoms with Crippen LogP contribution in [0, 0.1) is 0 Å². The molecular weight excluding hydrogens is 373 g/mol. The van der Waals surface area contributed by atoms with Crippen LogP contribution >= 0.6 is 0 Å². The van der Waals surface area contributed by atoms with E-state index in [2.05, 4.69) is 30.9 Å². The van der Waals surface area contributed by atoms with Crippen molar-refractivity contribution in [2.45, 2.75) is 19.6 Å². The lowest BCUT2D eigenvalue weighted by molar-refractivity contribution is -0.141. The number of aromatic nitrogens is 2. The molecule has 2 rings (SSSR count). The van der Waals surface area contributed by atoms with Crippen LogP contribution in [0.15, 0.2) is 41.5 Å². The van der Waals surface area contributed by atoms with E-state index in [1.807, 2.05) is 31.2 Å². The summed E-state index contributed by atoms with van der Waals surface area (Å²) in [4.78, 5) is 11.7. The Balaban J connectivity index is 1.86. The Morgan fingerprint density at radius 3 is 2.71 bits per heavy atom. The van der Waals surface area contributed by atoms with Gasteiger partial charge in [0.2, 0.25) is 5.95 Å². The molecule has 2 aromatic rings. The summed E-state index contributed by atoms with van der Waals surface area (Å²) in [6, 6.07) is 8.43. The number of nitrogens with zero attached hydrogens (tertiary/aromatic N) is 3. The quantitative estimate of drug-likeness (QED) is 0.362. The summed E-state index contributed by atoms with van der Waals surface area (Å²) in [6.45, 7) is 3.82.